The molecule has 0 aromatic carbocycles. The van der Waals surface area contributed by atoms with Crippen molar-refractivity contribution >= 4 is 50.9 Å². The van der Waals surface area contributed by atoms with E-state index in [1.807, 2.05) is 0 Å². The van der Waals surface area contributed by atoms with Gasteiger partial charge in [-0.2, -0.15) is 4.98 Å². The van der Waals surface area contributed by atoms with E-state index in [1.165, 1.54) is 22.7 Å². The molecule has 1 aliphatic carbocycles. The molecule has 140 valence electrons. The maximum atomic E-state index is 12.6. The molecule has 0 radical (unpaired) electrons. The molecule has 1 aliphatic rings. The Morgan fingerprint density at radius 3 is 2.65 bits per heavy atom. The Bertz CT molecular complexity index is 848. The number of aromatic nitrogens is 2. The smallest absolute Gasteiger partial charge is 0.348 e. The summed E-state index contributed by atoms with van der Waals surface area (Å²) in [6, 6.07) is 0. The van der Waals surface area contributed by atoms with Crippen molar-refractivity contribution in [3.05, 3.63) is 15.7 Å². The molecule has 1 saturated carbocycles. The number of carboxylic acid groups (broad SMARTS) is 1. The Morgan fingerprint density at radius 1 is 1.31 bits per heavy atom. The van der Waals surface area contributed by atoms with E-state index in [-0.39, 0.29) is 23.9 Å². The quantitative estimate of drug-likeness (QED) is 0.607. The van der Waals surface area contributed by atoms with Crippen molar-refractivity contribution in [2.24, 2.45) is 0 Å². The molecule has 0 amide bonds. The van der Waals surface area contributed by atoms with Crippen molar-refractivity contribution in [1.29, 1.82) is 0 Å². The van der Waals surface area contributed by atoms with Gasteiger partial charge in [0.2, 0.25) is 5.28 Å². The van der Waals surface area contributed by atoms with Crippen LogP contribution in [0.3, 0.4) is 0 Å². The van der Waals surface area contributed by atoms with Crippen LogP contribution in [0.25, 0.3) is 10.2 Å². The van der Waals surface area contributed by atoms with E-state index in [0.29, 0.717) is 26.5 Å². The van der Waals surface area contributed by atoms with Crippen LogP contribution in [0.15, 0.2) is 0 Å². The van der Waals surface area contributed by atoms with E-state index in [4.69, 9.17) is 21.4 Å². The van der Waals surface area contributed by atoms with Crippen molar-refractivity contribution in [2.75, 3.05) is 18.5 Å². The number of carbonyl (C=O) groups excluding carboxylic acids is 1. The van der Waals surface area contributed by atoms with Crippen LogP contribution in [0.1, 0.15) is 47.3 Å². The number of ether oxygens (including phenoxy) is 1. The summed E-state index contributed by atoms with van der Waals surface area (Å²) in [7, 11) is 1.61. The fourth-order valence-corrected chi connectivity index (χ4v) is 4.50. The van der Waals surface area contributed by atoms with Crippen molar-refractivity contribution in [2.45, 2.75) is 45.1 Å². The van der Waals surface area contributed by atoms with Gasteiger partial charge in [-0.05, 0) is 49.8 Å². The molecule has 1 N–H and O–H groups in total. The maximum Gasteiger partial charge on any atom is 0.348 e. The minimum Gasteiger partial charge on any atom is -0.480 e. The van der Waals surface area contributed by atoms with Crippen molar-refractivity contribution in [3.63, 3.8) is 0 Å². The van der Waals surface area contributed by atoms with E-state index >= 15 is 0 Å². The Balaban J connectivity index is 1.96. The first-order valence-corrected chi connectivity index (χ1v) is 9.66. The molecule has 2 aromatic rings. The van der Waals surface area contributed by atoms with E-state index in [9.17, 15) is 9.59 Å². The lowest BCUT2D eigenvalue weighted by molar-refractivity contribution is -0.135. The standard InChI is InChI=1S/C17H20ClN3O4S/c1-9-12-14(21(2)8-11(22)23)19-17(18)20-15(12)26-13(9)16(24)25-10-6-4-3-5-7-10/h10H,3-8H2,1-2H3,(H,22,23). The zero-order valence-electron chi connectivity index (χ0n) is 14.6. The van der Waals surface area contributed by atoms with Crippen LogP contribution < -0.4 is 4.90 Å². The highest BCUT2D eigenvalue weighted by Gasteiger charge is 2.26. The molecular formula is C17H20ClN3O4S. The third-order valence-corrected chi connectivity index (χ3v) is 5.82. The highest BCUT2D eigenvalue weighted by molar-refractivity contribution is 7.20. The number of fused-ring (bicyclic) bond motifs is 1. The van der Waals surface area contributed by atoms with Crippen LogP contribution in [0.5, 0.6) is 0 Å². The summed E-state index contributed by atoms with van der Waals surface area (Å²) in [6.07, 6.45) is 5.10. The number of nitrogens with zero attached hydrogens (tertiary/aromatic N) is 3. The fraction of sp³-hybridized carbons (Fsp3) is 0.529. The summed E-state index contributed by atoms with van der Waals surface area (Å²) >= 11 is 7.20. The zero-order valence-corrected chi connectivity index (χ0v) is 16.2. The van der Waals surface area contributed by atoms with Crippen LogP contribution in [0.2, 0.25) is 5.28 Å². The van der Waals surface area contributed by atoms with Gasteiger partial charge in [0, 0.05) is 7.05 Å². The van der Waals surface area contributed by atoms with Gasteiger partial charge in [0.1, 0.15) is 28.2 Å². The van der Waals surface area contributed by atoms with Gasteiger partial charge in [-0.15, -0.1) is 11.3 Å². The van der Waals surface area contributed by atoms with Gasteiger partial charge in [-0.25, -0.2) is 9.78 Å². The molecule has 26 heavy (non-hydrogen) atoms. The summed E-state index contributed by atoms with van der Waals surface area (Å²) in [5.41, 5.74) is 0.690. The second-order valence-electron chi connectivity index (χ2n) is 6.47. The Kier molecular flexibility index (Phi) is 5.62. The molecule has 0 atom stereocenters. The normalized spacial score (nSPS) is 15.2. The number of carboxylic acids is 1. The highest BCUT2D eigenvalue weighted by Crippen LogP contribution is 2.36. The number of thiophene rings is 1. The number of likely N-dealkylation sites (N-methyl/N-ethyl adjacent to an activating group) is 1. The largest absolute Gasteiger partial charge is 0.480 e. The lowest BCUT2D eigenvalue weighted by Crippen LogP contribution is -2.26. The van der Waals surface area contributed by atoms with Crippen molar-refractivity contribution in [1.82, 2.24) is 9.97 Å². The van der Waals surface area contributed by atoms with Gasteiger partial charge < -0.3 is 14.7 Å². The number of aliphatic carboxylic acids is 1. The first kappa shape index (κ1) is 18.8. The summed E-state index contributed by atoms with van der Waals surface area (Å²) in [4.78, 5) is 34.5. The molecule has 3 rings (SSSR count). The van der Waals surface area contributed by atoms with Gasteiger partial charge in [-0.1, -0.05) is 6.42 Å². The van der Waals surface area contributed by atoms with Gasteiger partial charge >= 0.3 is 11.9 Å². The van der Waals surface area contributed by atoms with Gasteiger partial charge in [0.05, 0.1) is 5.39 Å². The minimum atomic E-state index is -0.986. The molecule has 2 aromatic heterocycles. The number of halogens is 1. The van der Waals surface area contributed by atoms with Crippen molar-refractivity contribution < 1.29 is 19.4 Å². The van der Waals surface area contributed by atoms with Gasteiger partial charge in [0.15, 0.2) is 0 Å². The van der Waals surface area contributed by atoms with E-state index in [0.717, 1.165) is 25.7 Å². The van der Waals surface area contributed by atoms with E-state index in [1.54, 1.807) is 14.0 Å². The van der Waals surface area contributed by atoms with Crippen LogP contribution in [-0.4, -0.2) is 46.7 Å². The zero-order chi connectivity index (χ0) is 18.8. The highest BCUT2D eigenvalue weighted by atomic mass is 35.5. The molecule has 0 saturated heterocycles. The molecule has 2 heterocycles. The molecule has 9 heteroatoms. The molecule has 1 fully saturated rings. The lowest BCUT2D eigenvalue weighted by atomic mass is 9.98. The predicted molar refractivity (Wildman–Crippen MR) is 100 cm³/mol. The topological polar surface area (TPSA) is 92.6 Å². The third-order valence-electron chi connectivity index (χ3n) is 4.49. The SMILES string of the molecule is Cc1c(C(=O)OC2CCCCC2)sc2nc(Cl)nc(N(C)CC(=O)O)c12. The number of anilines is 1. The first-order chi connectivity index (χ1) is 12.4. The summed E-state index contributed by atoms with van der Waals surface area (Å²) in [5.74, 6) is -0.951. The number of hydrogen-bond acceptors (Lipinski definition) is 7. The Morgan fingerprint density at radius 2 is 2.00 bits per heavy atom. The number of hydrogen-bond donors (Lipinski definition) is 1. The maximum absolute atomic E-state index is 12.6. The molecular weight excluding hydrogens is 378 g/mol. The average Bonchev–Trinajstić information content (AvgIpc) is 2.91. The van der Waals surface area contributed by atoms with Crippen molar-refractivity contribution in [3.8, 4) is 0 Å². The minimum absolute atomic E-state index is 0.0122. The first-order valence-electron chi connectivity index (χ1n) is 8.47. The number of rotatable bonds is 5. The third kappa shape index (κ3) is 3.91. The molecule has 0 unspecified atom stereocenters. The molecule has 0 aliphatic heterocycles. The number of carbonyl (C=O) groups is 2. The molecule has 0 spiro atoms. The van der Waals surface area contributed by atoms with Gasteiger partial charge in [-0.3, -0.25) is 4.79 Å². The second-order valence-corrected chi connectivity index (χ2v) is 7.80. The number of esters is 1. The van der Waals surface area contributed by atoms with Crippen LogP contribution >= 0.6 is 22.9 Å². The van der Waals surface area contributed by atoms with E-state index < -0.39 is 5.97 Å². The Hall–Kier alpha value is -1.93. The number of aryl methyl sites for hydroxylation is 1. The summed E-state index contributed by atoms with van der Waals surface area (Å²) in [5, 5.41) is 9.69. The van der Waals surface area contributed by atoms with Crippen LogP contribution in [0, 0.1) is 6.92 Å². The summed E-state index contributed by atoms with van der Waals surface area (Å²) in [6.45, 7) is 1.56. The van der Waals surface area contributed by atoms with Crippen LogP contribution in [-0.2, 0) is 9.53 Å². The average molecular weight is 398 g/mol. The monoisotopic (exact) mass is 397 g/mol. The van der Waals surface area contributed by atoms with Gasteiger partial charge in [0.25, 0.3) is 0 Å². The Labute approximate surface area is 159 Å². The summed E-state index contributed by atoms with van der Waals surface area (Å²) < 4.78 is 5.67. The fourth-order valence-electron chi connectivity index (χ4n) is 3.23. The van der Waals surface area contributed by atoms with E-state index in [2.05, 4.69) is 9.97 Å². The molecule has 0 bridgehead atoms. The second kappa shape index (κ2) is 7.75. The van der Waals surface area contributed by atoms with Crippen LogP contribution in [0.4, 0.5) is 5.82 Å². The predicted octanol–water partition coefficient (Wildman–Crippen LogP) is 3.66. The molecule has 7 nitrogen and oxygen atoms in total. The lowest BCUT2D eigenvalue weighted by Gasteiger charge is -2.21.